The zero-order valence-electron chi connectivity index (χ0n) is 14.4. The number of carbonyl (C=O) groups is 2. The van der Waals surface area contributed by atoms with E-state index in [0.29, 0.717) is 42.0 Å². The van der Waals surface area contributed by atoms with Gasteiger partial charge < -0.3 is 14.4 Å². The number of hydrogen-bond donors (Lipinski definition) is 0. The molecule has 0 atom stereocenters. The van der Waals surface area contributed by atoms with Crippen LogP contribution in [0.2, 0.25) is 0 Å². The molecule has 1 aromatic rings. The minimum absolute atomic E-state index is 0.000233. The molecule has 0 saturated carbocycles. The minimum Gasteiger partial charge on any atom is -0.486 e. The number of rotatable bonds is 3. The van der Waals surface area contributed by atoms with Crippen molar-refractivity contribution < 1.29 is 19.1 Å². The number of ketones is 1. The predicted octanol–water partition coefficient (Wildman–Crippen LogP) is 3.75. The maximum atomic E-state index is 12.3. The molecular formula is C18H20BrNO4S. The average Bonchev–Trinajstić information content (AvgIpc) is 2.88. The highest BCUT2D eigenvalue weighted by atomic mass is 79.9. The van der Waals surface area contributed by atoms with Crippen molar-refractivity contribution in [2.75, 3.05) is 19.0 Å². The van der Waals surface area contributed by atoms with Crippen LogP contribution in [0.1, 0.15) is 26.3 Å². The largest absolute Gasteiger partial charge is 0.486 e. The van der Waals surface area contributed by atoms with Gasteiger partial charge >= 0.3 is 0 Å². The highest BCUT2D eigenvalue weighted by molar-refractivity contribution is 9.10. The van der Waals surface area contributed by atoms with Crippen LogP contribution in [0.15, 0.2) is 27.7 Å². The summed E-state index contributed by atoms with van der Waals surface area (Å²) in [6.45, 7) is 7.03. The van der Waals surface area contributed by atoms with E-state index in [9.17, 15) is 9.59 Å². The molecule has 5 nitrogen and oxygen atoms in total. The summed E-state index contributed by atoms with van der Waals surface area (Å²) in [7, 11) is 0. The Morgan fingerprint density at radius 3 is 2.56 bits per heavy atom. The lowest BCUT2D eigenvalue weighted by molar-refractivity contribution is -0.125. The van der Waals surface area contributed by atoms with E-state index in [0.717, 1.165) is 10.0 Å². The maximum absolute atomic E-state index is 12.3. The van der Waals surface area contributed by atoms with Crippen molar-refractivity contribution in [3.8, 4) is 11.5 Å². The third-order valence-corrected chi connectivity index (χ3v) is 5.71. The molecule has 0 spiro atoms. The molecular weight excluding hydrogens is 406 g/mol. The van der Waals surface area contributed by atoms with Gasteiger partial charge in [-0.3, -0.25) is 9.59 Å². The number of nitrogens with zero attached hydrogens (tertiary/aromatic N) is 1. The van der Waals surface area contributed by atoms with Gasteiger partial charge in [0.2, 0.25) is 5.91 Å². The SMILES string of the molecule is CC(C)(C)C(=O)/C=C1\SCC(=O)N1Cc1cc2c(cc1Br)OCCO2. The first-order valence-corrected chi connectivity index (χ1v) is 9.81. The van der Waals surface area contributed by atoms with Gasteiger partial charge in [-0.15, -0.1) is 0 Å². The van der Waals surface area contributed by atoms with Gasteiger partial charge in [-0.05, 0) is 17.7 Å². The van der Waals surface area contributed by atoms with Crippen molar-refractivity contribution in [3.05, 3.63) is 33.3 Å². The second-order valence-corrected chi connectivity index (χ2v) is 8.80. The van der Waals surface area contributed by atoms with Crippen LogP contribution in [0, 0.1) is 5.41 Å². The second-order valence-electron chi connectivity index (χ2n) is 6.95. The molecule has 1 saturated heterocycles. The predicted molar refractivity (Wildman–Crippen MR) is 101 cm³/mol. The molecule has 2 aliphatic heterocycles. The first kappa shape index (κ1) is 18.3. The van der Waals surface area contributed by atoms with Crippen molar-refractivity contribution in [2.45, 2.75) is 27.3 Å². The zero-order chi connectivity index (χ0) is 18.2. The monoisotopic (exact) mass is 425 g/mol. The Hall–Kier alpha value is -1.47. The van der Waals surface area contributed by atoms with Crippen LogP contribution in [0.3, 0.4) is 0 Å². The normalized spacial score (nSPS) is 18.8. The van der Waals surface area contributed by atoms with E-state index in [1.807, 2.05) is 32.9 Å². The lowest BCUT2D eigenvalue weighted by Crippen LogP contribution is -2.26. The smallest absolute Gasteiger partial charge is 0.238 e. The quantitative estimate of drug-likeness (QED) is 0.690. The van der Waals surface area contributed by atoms with Gasteiger partial charge in [0.1, 0.15) is 13.2 Å². The highest BCUT2D eigenvalue weighted by Gasteiger charge is 2.30. The Labute approximate surface area is 159 Å². The number of allylic oxidation sites excluding steroid dienone is 1. The number of halogens is 1. The molecule has 134 valence electrons. The van der Waals surface area contributed by atoms with Gasteiger partial charge in [0.25, 0.3) is 0 Å². The molecule has 2 heterocycles. The molecule has 1 amide bonds. The van der Waals surface area contributed by atoms with Gasteiger partial charge in [0.15, 0.2) is 17.3 Å². The summed E-state index contributed by atoms with van der Waals surface area (Å²) < 4.78 is 12.0. The Balaban J connectivity index is 1.86. The fourth-order valence-corrected chi connectivity index (χ4v) is 3.81. The lowest BCUT2D eigenvalue weighted by Gasteiger charge is -2.23. The summed E-state index contributed by atoms with van der Waals surface area (Å²) in [5.74, 6) is 1.74. The molecule has 1 aromatic carbocycles. The van der Waals surface area contributed by atoms with Crippen molar-refractivity contribution in [1.82, 2.24) is 4.90 Å². The van der Waals surface area contributed by atoms with Crippen molar-refractivity contribution in [2.24, 2.45) is 5.41 Å². The molecule has 25 heavy (non-hydrogen) atoms. The summed E-state index contributed by atoms with van der Waals surface area (Å²) in [6, 6.07) is 3.75. The van der Waals surface area contributed by atoms with Crippen LogP contribution in [0.25, 0.3) is 0 Å². The van der Waals surface area contributed by atoms with Crippen LogP contribution < -0.4 is 9.47 Å². The van der Waals surface area contributed by atoms with E-state index in [4.69, 9.17) is 9.47 Å². The summed E-state index contributed by atoms with van der Waals surface area (Å²) in [5.41, 5.74) is 0.442. The third-order valence-electron chi connectivity index (χ3n) is 3.94. The molecule has 1 fully saturated rings. The Bertz CT molecular complexity index is 754. The van der Waals surface area contributed by atoms with Crippen molar-refractivity contribution in [1.29, 1.82) is 0 Å². The number of thioether (sulfide) groups is 1. The van der Waals surface area contributed by atoms with Crippen LogP contribution in [-0.2, 0) is 16.1 Å². The van der Waals surface area contributed by atoms with Gasteiger partial charge in [0, 0.05) is 16.0 Å². The number of amides is 1. The Morgan fingerprint density at radius 2 is 1.92 bits per heavy atom. The summed E-state index contributed by atoms with van der Waals surface area (Å²) in [4.78, 5) is 26.3. The lowest BCUT2D eigenvalue weighted by atomic mass is 9.91. The molecule has 2 aliphatic rings. The van der Waals surface area contributed by atoms with Crippen molar-refractivity contribution in [3.63, 3.8) is 0 Å². The molecule has 0 aliphatic carbocycles. The zero-order valence-corrected chi connectivity index (χ0v) is 16.8. The third kappa shape index (κ3) is 4.03. The molecule has 0 unspecified atom stereocenters. The first-order chi connectivity index (χ1) is 11.8. The van der Waals surface area contributed by atoms with Crippen LogP contribution >= 0.6 is 27.7 Å². The molecule has 0 N–H and O–H groups in total. The van der Waals surface area contributed by atoms with Crippen LogP contribution in [0.4, 0.5) is 0 Å². The van der Waals surface area contributed by atoms with Crippen LogP contribution in [-0.4, -0.2) is 35.6 Å². The molecule has 0 aromatic heterocycles. The topological polar surface area (TPSA) is 55.8 Å². The highest BCUT2D eigenvalue weighted by Crippen LogP contribution is 2.38. The van der Waals surface area contributed by atoms with Crippen LogP contribution in [0.5, 0.6) is 11.5 Å². The average molecular weight is 426 g/mol. The van der Waals surface area contributed by atoms with Gasteiger partial charge in [-0.2, -0.15) is 0 Å². The number of benzene rings is 1. The second kappa shape index (κ2) is 7.03. The molecule has 0 bridgehead atoms. The maximum Gasteiger partial charge on any atom is 0.238 e. The summed E-state index contributed by atoms with van der Waals surface area (Å²) in [6.07, 6.45) is 1.58. The summed E-state index contributed by atoms with van der Waals surface area (Å²) in [5, 5.41) is 0.701. The molecule has 0 radical (unpaired) electrons. The van der Waals surface area contributed by atoms with Gasteiger partial charge in [0.05, 0.1) is 17.3 Å². The Morgan fingerprint density at radius 1 is 1.28 bits per heavy atom. The summed E-state index contributed by atoms with van der Waals surface area (Å²) >= 11 is 4.94. The number of carbonyl (C=O) groups excluding carboxylic acids is 2. The van der Waals surface area contributed by atoms with E-state index in [1.165, 1.54) is 11.8 Å². The van der Waals surface area contributed by atoms with E-state index in [1.54, 1.807) is 11.0 Å². The number of fused-ring (bicyclic) bond motifs is 1. The van der Waals surface area contributed by atoms with E-state index in [-0.39, 0.29) is 11.7 Å². The van der Waals surface area contributed by atoms with E-state index in [2.05, 4.69) is 15.9 Å². The standard InChI is InChI=1S/C18H20BrNO4S/c1-18(2,3)15(21)8-17-20(16(22)10-25-17)9-11-6-13-14(7-12(11)19)24-5-4-23-13/h6-8H,4-5,9-10H2,1-3H3/b17-8-. The van der Waals surface area contributed by atoms with E-state index < -0.39 is 5.41 Å². The van der Waals surface area contributed by atoms with Gasteiger partial charge in [-0.25, -0.2) is 0 Å². The molecule has 3 rings (SSSR count). The van der Waals surface area contributed by atoms with Crippen molar-refractivity contribution >= 4 is 39.4 Å². The number of hydrogen-bond acceptors (Lipinski definition) is 5. The first-order valence-electron chi connectivity index (χ1n) is 8.03. The number of ether oxygens (including phenoxy) is 2. The fourth-order valence-electron chi connectivity index (χ4n) is 2.43. The fraction of sp³-hybridized carbons (Fsp3) is 0.444. The van der Waals surface area contributed by atoms with Gasteiger partial charge in [-0.1, -0.05) is 48.5 Å². The van der Waals surface area contributed by atoms with E-state index >= 15 is 0 Å². The Kier molecular flexibility index (Phi) is 5.16. The molecule has 7 heteroatoms. The minimum atomic E-state index is -0.470.